The van der Waals surface area contributed by atoms with Gasteiger partial charge in [-0.1, -0.05) is 6.07 Å². The second kappa shape index (κ2) is 5.61. The summed E-state index contributed by atoms with van der Waals surface area (Å²) in [6, 6.07) is 8.15. The molecule has 0 amide bonds. The molecule has 5 nitrogen and oxygen atoms in total. The van der Waals surface area contributed by atoms with E-state index in [1.54, 1.807) is 18.2 Å². The summed E-state index contributed by atoms with van der Waals surface area (Å²) in [5.41, 5.74) is 6.62. The van der Waals surface area contributed by atoms with Crippen LogP contribution < -0.4 is 15.2 Å². The molecule has 7 heteroatoms. The Labute approximate surface area is 122 Å². The number of nitrogens with two attached hydrogens (primary N) is 1. The van der Waals surface area contributed by atoms with E-state index in [1.807, 2.05) is 6.92 Å². The summed E-state index contributed by atoms with van der Waals surface area (Å²) in [4.78, 5) is -0.188. The van der Waals surface area contributed by atoms with Crippen molar-refractivity contribution in [3.63, 3.8) is 0 Å². The predicted octanol–water partition coefficient (Wildman–Crippen LogP) is 2.53. The average molecular weight is 310 g/mol. The van der Waals surface area contributed by atoms with Crippen LogP contribution in [-0.2, 0) is 10.0 Å². The molecule has 0 unspecified atom stereocenters. The first-order chi connectivity index (χ1) is 9.83. The van der Waals surface area contributed by atoms with Crippen LogP contribution in [0.4, 0.5) is 15.8 Å². The van der Waals surface area contributed by atoms with Gasteiger partial charge in [-0.3, -0.25) is 4.72 Å². The SMILES string of the molecule is COc1cc(C)ccc1NS(=O)(=O)c1ccc(F)cc1N. The van der Waals surface area contributed by atoms with Gasteiger partial charge in [0.05, 0.1) is 18.5 Å². The van der Waals surface area contributed by atoms with Crippen molar-refractivity contribution in [2.75, 3.05) is 17.6 Å². The van der Waals surface area contributed by atoms with Gasteiger partial charge in [-0.15, -0.1) is 0 Å². The number of nitrogens with one attached hydrogen (secondary N) is 1. The van der Waals surface area contributed by atoms with Gasteiger partial charge in [0.25, 0.3) is 10.0 Å². The van der Waals surface area contributed by atoms with Crippen molar-refractivity contribution in [2.24, 2.45) is 0 Å². The molecule has 2 rings (SSSR count). The molecule has 2 aromatic carbocycles. The highest BCUT2D eigenvalue weighted by molar-refractivity contribution is 7.92. The van der Waals surface area contributed by atoms with Gasteiger partial charge in [0, 0.05) is 0 Å². The number of hydrogen-bond donors (Lipinski definition) is 2. The van der Waals surface area contributed by atoms with Crippen molar-refractivity contribution in [3.8, 4) is 5.75 Å². The highest BCUT2D eigenvalue weighted by Gasteiger charge is 2.19. The third kappa shape index (κ3) is 3.25. The number of hydrogen-bond acceptors (Lipinski definition) is 4. The maximum atomic E-state index is 13.0. The number of aryl methyl sites for hydroxylation is 1. The molecule has 0 saturated heterocycles. The molecule has 0 aliphatic rings. The number of sulfonamides is 1. The van der Waals surface area contributed by atoms with Gasteiger partial charge in [-0.2, -0.15) is 0 Å². The van der Waals surface area contributed by atoms with E-state index in [0.717, 1.165) is 23.8 Å². The molecule has 0 spiro atoms. The highest BCUT2D eigenvalue weighted by atomic mass is 32.2. The van der Waals surface area contributed by atoms with Crippen LogP contribution in [0.25, 0.3) is 0 Å². The van der Waals surface area contributed by atoms with Crippen molar-refractivity contribution < 1.29 is 17.5 Å². The van der Waals surface area contributed by atoms with E-state index in [1.165, 1.54) is 7.11 Å². The monoisotopic (exact) mass is 310 g/mol. The quantitative estimate of drug-likeness (QED) is 0.850. The minimum Gasteiger partial charge on any atom is -0.495 e. The largest absolute Gasteiger partial charge is 0.495 e. The number of halogens is 1. The van der Waals surface area contributed by atoms with E-state index in [0.29, 0.717) is 5.75 Å². The standard InChI is InChI=1S/C14H15FN2O3S/c1-9-3-5-12(13(7-9)20-2)17-21(18,19)14-6-4-10(15)8-11(14)16/h3-8,17H,16H2,1-2H3. The number of rotatable bonds is 4. The van der Waals surface area contributed by atoms with Gasteiger partial charge in [-0.25, -0.2) is 12.8 Å². The molecule has 0 radical (unpaired) electrons. The molecular weight excluding hydrogens is 295 g/mol. The summed E-state index contributed by atoms with van der Waals surface area (Å²) in [5.74, 6) is -0.210. The maximum Gasteiger partial charge on any atom is 0.264 e. The van der Waals surface area contributed by atoms with Crippen LogP contribution in [0.5, 0.6) is 5.75 Å². The van der Waals surface area contributed by atoms with E-state index in [-0.39, 0.29) is 16.3 Å². The summed E-state index contributed by atoms with van der Waals surface area (Å²) in [7, 11) is -2.48. The van der Waals surface area contributed by atoms with Gasteiger partial charge in [0.15, 0.2) is 0 Å². The molecule has 0 fully saturated rings. The van der Waals surface area contributed by atoms with E-state index in [2.05, 4.69) is 4.72 Å². The number of benzene rings is 2. The second-order valence-electron chi connectivity index (χ2n) is 4.49. The molecule has 0 aliphatic heterocycles. The minimum absolute atomic E-state index is 0.159. The first kappa shape index (κ1) is 15.1. The topological polar surface area (TPSA) is 81.4 Å². The molecule has 21 heavy (non-hydrogen) atoms. The molecule has 0 aromatic heterocycles. The zero-order valence-electron chi connectivity index (χ0n) is 11.6. The first-order valence-electron chi connectivity index (χ1n) is 6.06. The Morgan fingerprint density at radius 3 is 2.52 bits per heavy atom. The number of ether oxygens (including phenoxy) is 1. The summed E-state index contributed by atoms with van der Waals surface area (Å²) in [6.45, 7) is 1.86. The van der Waals surface area contributed by atoms with Gasteiger partial charge in [0.1, 0.15) is 16.5 Å². The third-order valence-electron chi connectivity index (χ3n) is 2.86. The van der Waals surface area contributed by atoms with Gasteiger partial charge < -0.3 is 10.5 Å². The Bertz CT molecular complexity index is 776. The van der Waals surface area contributed by atoms with E-state index in [9.17, 15) is 12.8 Å². The lowest BCUT2D eigenvalue weighted by Crippen LogP contribution is -2.15. The molecule has 3 N–H and O–H groups in total. The molecule has 2 aromatic rings. The van der Waals surface area contributed by atoms with Gasteiger partial charge in [-0.05, 0) is 42.8 Å². The van der Waals surface area contributed by atoms with Crippen LogP contribution in [0.15, 0.2) is 41.3 Å². The Kier molecular flexibility index (Phi) is 4.04. The van der Waals surface area contributed by atoms with Crippen molar-refractivity contribution in [1.29, 1.82) is 0 Å². The molecule has 0 saturated carbocycles. The van der Waals surface area contributed by atoms with Crippen LogP contribution in [0.2, 0.25) is 0 Å². The van der Waals surface area contributed by atoms with E-state index in [4.69, 9.17) is 10.5 Å². The first-order valence-corrected chi connectivity index (χ1v) is 7.54. The van der Waals surface area contributed by atoms with Crippen LogP contribution in [0.1, 0.15) is 5.56 Å². The summed E-state index contributed by atoms with van der Waals surface area (Å²) in [6.07, 6.45) is 0. The summed E-state index contributed by atoms with van der Waals surface area (Å²) < 4.78 is 45.2. The lowest BCUT2D eigenvalue weighted by atomic mass is 10.2. The van der Waals surface area contributed by atoms with Crippen molar-refractivity contribution >= 4 is 21.4 Å². The average Bonchev–Trinajstić information content (AvgIpc) is 2.40. The number of nitrogen functional groups attached to an aromatic ring is 1. The van der Waals surface area contributed by atoms with Crippen LogP contribution in [0, 0.1) is 12.7 Å². The molecule has 0 bridgehead atoms. The lowest BCUT2D eigenvalue weighted by molar-refractivity contribution is 0.416. The van der Waals surface area contributed by atoms with E-state index < -0.39 is 15.8 Å². The third-order valence-corrected chi connectivity index (χ3v) is 4.30. The molecule has 0 heterocycles. The smallest absolute Gasteiger partial charge is 0.264 e. The number of methoxy groups -OCH3 is 1. The Balaban J connectivity index is 2.42. The van der Waals surface area contributed by atoms with Crippen molar-refractivity contribution in [3.05, 3.63) is 47.8 Å². The van der Waals surface area contributed by atoms with Gasteiger partial charge in [0.2, 0.25) is 0 Å². The summed E-state index contributed by atoms with van der Waals surface area (Å²) in [5, 5.41) is 0. The zero-order valence-corrected chi connectivity index (χ0v) is 12.4. The molecule has 112 valence electrons. The van der Waals surface area contributed by atoms with Crippen LogP contribution in [0.3, 0.4) is 0 Å². The fourth-order valence-corrected chi connectivity index (χ4v) is 3.03. The van der Waals surface area contributed by atoms with Crippen molar-refractivity contribution in [2.45, 2.75) is 11.8 Å². The normalized spacial score (nSPS) is 11.2. The van der Waals surface area contributed by atoms with Crippen LogP contribution >= 0.6 is 0 Å². The highest BCUT2D eigenvalue weighted by Crippen LogP contribution is 2.29. The Morgan fingerprint density at radius 1 is 1.19 bits per heavy atom. The van der Waals surface area contributed by atoms with Crippen molar-refractivity contribution in [1.82, 2.24) is 0 Å². The molecular formula is C14H15FN2O3S. The Hall–Kier alpha value is -2.28. The fourth-order valence-electron chi connectivity index (χ4n) is 1.85. The minimum atomic E-state index is -3.93. The molecule has 0 aliphatic carbocycles. The lowest BCUT2D eigenvalue weighted by Gasteiger charge is -2.13. The maximum absolute atomic E-state index is 13.0. The van der Waals surface area contributed by atoms with Gasteiger partial charge >= 0.3 is 0 Å². The van der Waals surface area contributed by atoms with E-state index >= 15 is 0 Å². The molecule has 0 atom stereocenters. The Morgan fingerprint density at radius 2 is 1.90 bits per heavy atom. The second-order valence-corrected chi connectivity index (χ2v) is 6.14. The number of anilines is 2. The summed E-state index contributed by atoms with van der Waals surface area (Å²) >= 11 is 0. The zero-order chi connectivity index (χ0) is 15.6. The van der Waals surface area contributed by atoms with Crippen LogP contribution in [-0.4, -0.2) is 15.5 Å². The predicted molar refractivity (Wildman–Crippen MR) is 79.4 cm³/mol. The fraction of sp³-hybridized carbons (Fsp3) is 0.143.